The monoisotopic (exact) mass is 328 g/mol. The summed E-state index contributed by atoms with van der Waals surface area (Å²) in [5, 5.41) is 4.88. The molecule has 0 unspecified atom stereocenters. The molecule has 0 saturated carbocycles. The van der Waals surface area contributed by atoms with Gasteiger partial charge in [-0.1, -0.05) is 12.1 Å². The summed E-state index contributed by atoms with van der Waals surface area (Å²) in [6, 6.07) is 13.4. The Bertz CT molecular complexity index is 831. The summed E-state index contributed by atoms with van der Waals surface area (Å²) in [5.74, 6) is -0.166. The first-order valence-electron chi connectivity index (χ1n) is 6.83. The maximum atomic E-state index is 13.6. The third kappa shape index (κ3) is 3.37. The Morgan fingerprint density at radius 2 is 1.91 bits per heavy atom. The lowest BCUT2D eigenvalue weighted by atomic mass is 10.2. The Kier molecular flexibility index (Phi) is 4.34. The van der Waals surface area contributed by atoms with E-state index in [0.29, 0.717) is 5.01 Å². The Morgan fingerprint density at radius 3 is 2.61 bits per heavy atom. The molecule has 23 heavy (non-hydrogen) atoms. The van der Waals surface area contributed by atoms with Crippen LogP contribution in [-0.2, 0) is 0 Å². The van der Waals surface area contributed by atoms with E-state index < -0.39 is 11.7 Å². The fraction of sp³-hybridized carbons (Fsp3) is 0.0588. The molecule has 3 rings (SSSR count). The molecule has 4 nitrogen and oxygen atoms in total. The van der Waals surface area contributed by atoms with Crippen LogP contribution in [0.4, 0.5) is 10.1 Å². The van der Waals surface area contributed by atoms with Gasteiger partial charge in [-0.25, -0.2) is 9.37 Å². The fourth-order valence-electron chi connectivity index (χ4n) is 1.99. The Morgan fingerprint density at radius 1 is 1.17 bits per heavy atom. The number of carbonyl (C=O) groups excluding carboxylic acids is 1. The molecule has 116 valence electrons. The molecule has 0 aliphatic rings. The first-order chi connectivity index (χ1) is 11.2. The van der Waals surface area contributed by atoms with Crippen LogP contribution in [0.1, 0.15) is 10.5 Å². The van der Waals surface area contributed by atoms with E-state index in [2.05, 4.69) is 10.3 Å². The number of halogens is 1. The van der Waals surface area contributed by atoms with Crippen LogP contribution in [0.3, 0.4) is 0 Å². The number of para-hydroxylation sites is 1. The van der Waals surface area contributed by atoms with E-state index in [0.717, 1.165) is 11.3 Å². The van der Waals surface area contributed by atoms with Gasteiger partial charge in [-0.15, -0.1) is 11.3 Å². The lowest BCUT2D eigenvalue weighted by molar-refractivity contribution is 0.102. The van der Waals surface area contributed by atoms with Crippen molar-refractivity contribution in [2.45, 2.75) is 0 Å². The van der Waals surface area contributed by atoms with Crippen LogP contribution in [-0.4, -0.2) is 18.0 Å². The molecular formula is C17H13FN2O2S. The van der Waals surface area contributed by atoms with Gasteiger partial charge in [0.2, 0.25) is 0 Å². The predicted octanol–water partition coefficient (Wildman–Crippen LogP) is 4.21. The molecular weight excluding hydrogens is 315 g/mol. The molecule has 0 aliphatic heterocycles. The van der Waals surface area contributed by atoms with Gasteiger partial charge in [0.25, 0.3) is 5.91 Å². The van der Waals surface area contributed by atoms with E-state index in [9.17, 15) is 9.18 Å². The number of amides is 1. The van der Waals surface area contributed by atoms with Crippen molar-refractivity contribution < 1.29 is 13.9 Å². The molecule has 2 aromatic carbocycles. The minimum atomic E-state index is -0.480. The number of carbonyl (C=O) groups is 1. The summed E-state index contributed by atoms with van der Waals surface area (Å²) >= 11 is 1.35. The summed E-state index contributed by atoms with van der Waals surface area (Å²) in [5.41, 5.74) is 1.28. The predicted molar refractivity (Wildman–Crippen MR) is 88.5 cm³/mol. The number of thiazole rings is 1. The fourth-order valence-corrected chi connectivity index (χ4v) is 2.80. The average Bonchev–Trinajstić information content (AvgIpc) is 3.07. The van der Waals surface area contributed by atoms with Crippen LogP contribution in [0.15, 0.2) is 53.9 Å². The second-order valence-corrected chi connectivity index (χ2v) is 5.56. The van der Waals surface area contributed by atoms with Crippen molar-refractivity contribution >= 4 is 22.9 Å². The summed E-state index contributed by atoms with van der Waals surface area (Å²) in [4.78, 5) is 16.5. The van der Waals surface area contributed by atoms with Crippen molar-refractivity contribution in [3.05, 3.63) is 65.4 Å². The first kappa shape index (κ1) is 15.2. The standard InChI is InChI=1S/C17H13FN2O2S/c1-22-12-8-6-11(7-9-12)17-20-15(10-23-17)16(21)19-14-5-3-2-4-13(14)18/h2-10H,1H3,(H,19,21). The van der Waals surface area contributed by atoms with Crippen molar-refractivity contribution in [1.29, 1.82) is 0 Å². The molecule has 1 heterocycles. The van der Waals surface area contributed by atoms with Crippen LogP contribution >= 0.6 is 11.3 Å². The lowest BCUT2D eigenvalue weighted by Crippen LogP contribution is -2.13. The van der Waals surface area contributed by atoms with Gasteiger partial charge < -0.3 is 10.1 Å². The van der Waals surface area contributed by atoms with Gasteiger partial charge >= 0.3 is 0 Å². The number of methoxy groups -OCH3 is 1. The van der Waals surface area contributed by atoms with Crippen LogP contribution < -0.4 is 10.1 Å². The average molecular weight is 328 g/mol. The van der Waals surface area contributed by atoms with Gasteiger partial charge in [-0.3, -0.25) is 4.79 Å². The Hall–Kier alpha value is -2.73. The van der Waals surface area contributed by atoms with Crippen molar-refractivity contribution in [3.63, 3.8) is 0 Å². The number of benzene rings is 2. The molecule has 0 fully saturated rings. The summed E-state index contributed by atoms with van der Waals surface area (Å²) in [6.45, 7) is 0. The van der Waals surface area contributed by atoms with E-state index in [1.165, 1.54) is 23.5 Å². The minimum Gasteiger partial charge on any atom is -0.497 e. The first-order valence-corrected chi connectivity index (χ1v) is 7.71. The quantitative estimate of drug-likeness (QED) is 0.780. The van der Waals surface area contributed by atoms with Gasteiger partial charge in [-0.2, -0.15) is 0 Å². The number of rotatable bonds is 4. The second-order valence-electron chi connectivity index (χ2n) is 4.70. The minimum absolute atomic E-state index is 0.136. The highest BCUT2D eigenvalue weighted by Gasteiger charge is 2.13. The van der Waals surface area contributed by atoms with Gasteiger partial charge in [0.15, 0.2) is 0 Å². The summed E-state index contributed by atoms with van der Waals surface area (Å²) in [6.07, 6.45) is 0. The molecule has 0 spiro atoms. The summed E-state index contributed by atoms with van der Waals surface area (Å²) < 4.78 is 18.7. The van der Waals surface area contributed by atoms with Gasteiger partial charge in [0, 0.05) is 10.9 Å². The Balaban J connectivity index is 1.78. The molecule has 1 N–H and O–H groups in total. The van der Waals surface area contributed by atoms with E-state index in [1.54, 1.807) is 24.6 Å². The molecule has 1 amide bonds. The normalized spacial score (nSPS) is 10.3. The van der Waals surface area contributed by atoms with Crippen molar-refractivity contribution in [1.82, 2.24) is 4.98 Å². The van der Waals surface area contributed by atoms with E-state index in [1.807, 2.05) is 24.3 Å². The highest BCUT2D eigenvalue weighted by molar-refractivity contribution is 7.13. The largest absolute Gasteiger partial charge is 0.497 e. The molecule has 0 aliphatic carbocycles. The van der Waals surface area contributed by atoms with Crippen LogP contribution in [0.25, 0.3) is 10.6 Å². The zero-order valence-corrected chi connectivity index (χ0v) is 13.1. The third-order valence-corrected chi connectivity index (χ3v) is 4.09. The highest BCUT2D eigenvalue weighted by Crippen LogP contribution is 2.26. The van der Waals surface area contributed by atoms with E-state index in [4.69, 9.17) is 4.74 Å². The van der Waals surface area contributed by atoms with Crippen LogP contribution in [0, 0.1) is 5.82 Å². The number of nitrogens with one attached hydrogen (secondary N) is 1. The molecule has 0 atom stereocenters. The van der Waals surface area contributed by atoms with Crippen LogP contribution in [0.5, 0.6) is 5.75 Å². The van der Waals surface area contributed by atoms with Crippen molar-refractivity contribution in [2.24, 2.45) is 0 Å². The van der Waals surface area contributed by atoms with Gasteiger partial charge in [0.05, 0.1) is 12.8 Å². The number of ether oxygens (including phenoxy) is 1. The summed E-state index contributed by atoms with van der Waals surface area (Å²) in [7, 11) is 1.60. The molecule has 6 heteroatoms. The van der Waals surface area contributed by atoms with Gasteiger partial charge in [0.1, 0.15) is 22.3 Å². The Labute approximate surface area is 136 Å². The topological polar surface area (TPSA) is 51.2 Å². The number of aromatic nitrogens is 1. The van der Waals surface area contributed by atoms with Crippen molar-refractivity contribution in [2.75, 3.05) is 12.4 Å². The third-order valence-electron chi connectivity index (χ3n) is 3.20. The van der Waals surface area contributed by atoms with Gasteiger partial charge in [-0.05, 0) is 36.4 Å². The number of anilines is 1. The lowest BCUT2D eigenvalue weighted by Gasteiger charge is -2.03. The number of hydrogen-bond acceptors (Lipinski definition) is 4. The smallest absolute Gasteiger partial charge is 0.275 e. The van der Waals surface area contributed by atoms with E-state index in [-0.39, 0.29) is 11.4 Å². The van der Waals surface area contributed by atoms with Crippen molar-refractivity contribution in [3.8, 4) is 16.3 Å². The molecule has 0 radical (unpaired) electrons. The number of nitrogens with zero attached hydrogens (tertiary/aromatic N) is 1. The SMILES string of the molecule is COc1ccc(-c2nc(C(=O)Nc3ccccc3F)cs2)cc1. The maximum absolute atomic E-state index is 13.6. The zero-order chi connectivity index (χ0) is 16.2. The molecule has 1 aromatic heterocycles. The maximum Gasteiger partial charge on any atom is 0.275 e. The molecule has 3 aromatic rings. The van der Waals surface area contributed by atoms with E-state index >= 15 is 0 Å². The zero-order valence-electron chi connectivity index (χ0n) is 12.2. The highest BCUT2D eigenvalue weighted by atomic mass is 32.1. The van der Waals surface area contributed by atoms with Crippen LogP contribution in [0.2, 0.25) is 0 Å². The number of hydrogen-bond donors (Lipinski definition) is 1. The molecule has 0 saturated heterocycles. The second kappa shape index (κ2) is 6.58. The molecule has 0 bridgehead atoms.